The van der Waals surface area contributed by atoms with E-state index < -0.39 is 0 Å². The van der Waals surface area contributed by atoms with E-state index in [1.165, 1.54) is 15.9 Å². The van der Waals surface area contributed by atoms with E-state index in [9.17, 15) is 9.59 Å². The van der Waals surface area contributed by atoms with E-state index in [0.29, 0.717) is 51.1 Å². The van der Waals surface area contributed by atoms with Crippen LogP contribution in [-0.4, -0.2) is 14.1 Å². The molecule has 2 aromatic heterocycles. The molecule has 132 valence electrons. The van der Waals surface area contributed by atoms with Crippen molar-refractivity contribution in [2.24, 2.45) is 0 Å². The largest absolute Gasteiger partial charge is 0.398 e. The molecule has 1 aromatic carbocycles. The predicted molar refractivity (Wildman–Crippen MR) is 104 cm³/mol. The van der Waals surface area contributed by atoms with Crippen LogP contribution in [0.5, 0.6) is 0 Å². The summed E-state index contributed by atoms with van der Waals surface area (Å²) in [5.74, 6) is 0. The SMILES string of the molecule is CCCn1c(=O)c2sc(-c3ccc(Cl)cc3N)nc2n(CCC)c1=O. The summed E-state index contributed by atoms with van der Waals surface area (Å²) in [4.78, 5) is 30.0. The van der Waals surface area contributed by atoms with Crippen LogP contribution in [0.1, 0.15) is 26.7 Å². The van der Waals surface area contributed by atoms with Gasteiger partial charge >= 0.3 is 5.69 Å². The molecule has 25 heavy (non-hydrogen) atoms. The number of nitrogen functional groups attached to an aromatic ring is 1. The Hall–Kier alpha value is -2.12. The molecule has 0 aliphatic carbocycles. The molecule has 0 aliphatic rings. The number of hydrogen-bond acceptors (Lipinski definition) is 5. The molecule has 0 radical (unpaired) electrons. The summed E-state index contributed by atoms with van der Waals surface area (Å²) >= 11 is 7.21. The highest BCUT2D eigenvalue weighted by Crippen LogP contribution is 2.33. The molecule has 2 heterocycles. The number of aryl methyl sites for hydroxylation is 1. The van der Waals surface area contributed by atoms with Gasteiger partial charge in [0.25, 0.3) is 5.56 Å². The van der Waals surface area contributed by atoms with Crippen molar-refractivity contribution in [2.45, 2.75) is 39.8 Å². The Labute approximate surface area is 153 Å². The summed E-state index contributed by atoms with van der Waals surface area (Å²) in [6.45, 7) is 4.83. The van der Waals surface area contributed by atoms with Crippen molar-refractivity contribution in [3.8, 4) is 10.6 Å². The Kier molecular flexibility index (Phi) is 4.96. The summed E-state index contributed by atoms with van der Waals surface area (Å²) in [6.07, 6.45) is 1.48. The Morgan fingerprint density at radius 2 is 1.84 bits per heavy atom. The summed E-state index contributed by atoms with van der Waals surface area (Å²) in [5.41, 5.74) is 7.09. The third-order valence-corrected chi connectivity index (χ3v) is 5.21. The van der Waals surface area contributed by atoms with Crippen LogP contribution in [0.4, 0.5) is 5.69 Å². The zero-order chi connectivity index (χ0) is 18.1. The first-order valence-corrected chi connectivity index (χ1v) is 9.36. The molecule has 0 atom stereocenters. The van der Waals surface area contributed by atoms with Crippen molar-refractivity contribution in [3.63, 3.8) is 0 Å². The fourth-order valence-corrected chi connectivity index (χ4v) is 4.02. The summed E-state index contributed by atoms with van der Waals surface area (Å²) in [5, 5.41) is 1.15. The highest BCUT2D eigenvalue weighted by Gasteiger charge is 2.18. The minimum absolute atomic E-state index is 0.287. The van der Waals surface area contributed by atoms with E-state index in [1.807, 2.05) is 13.8 Å². The lowest BCUT2D eigenvalue weighted by atomic mass is 10.2. The van der Waals surface area contributed by atoms with Crippen LogP contribution in [-0.2, 0) is 13.1 Å². The fourth-order valence-electron chi connectivity index (χ4n) is 2.77. The molecule has 3 rings (SSSR count). The lowest BCUT2D eigenvalue weighted by Crippen LogP contribution is -2.39. The third-order valence-electron chi connectivity index (χ3n) is 3.90. The van der Waals surface area contributed by atoms with Gasteiger partial charge in [0, 0.05) is 29.4 Å². The van der Waals surface area contributed by atoms with E-state index in [-0.39, 0.29) is 11.2 Å². The van der Waals surface area contributed by atoms with Crippen molar-refractivity contribution in [3.05, 3.63) is 44.1 Å². The van der Waals surface area contributed by atoms with Gasteiger partial charge in [-0.2, -0.15) is 0 Å². The van der Waals surface area contributed by atoms with E-state index in [4.69, 9.17) is 17.3 Å². The number of aromatic nitrogens is 3. The van der Waals surface area contributed by atoms with Gasteiger partial charge in [0.2, 0.25) is 0 Å². The number of halogens is 1. The molecule has 2 N–H and O–H groups in total. The van der Waals surface area contributed by atoms with Crippen LogP contribution in [0.15, 0.2) is 27.8 Å². The van der Waals surface area contributed by atoms with Crippen LogP contribution < -0.4 is 17.0 Å². The highest BCUT2D eigenvalue weighted by atomic mass is 35.5. The second kappa shape index (κ2) is 7.01. The fraction of sp³-hybridized carbons (Fsp3) is 0.353. The van der Waals surface area contributed by atoms with Crippen LogP contribution in [0.25, 0.3) is 20.9 Å². The van der Waals surface area contributed by atoms with Gasteiger partial charge in [-0.3, -0.25) is 13.9 Å². The number of thiazole rings is 1. The molecule has 0 amide bonds. The maximum absolute atomic E-state index is 12.7. The molecule has 8 heteroatoms. The maximum Gasteiger partial charge on any atom is 0.332 e. The maximum atomic E-state index is 12.7. The second-order valence-corrected chi connectivity index (χ2v) is 7.23. The van der Waals surface area contributed by atoms with Crippen molar-refractivity contribution in [1.82, 2.24) is 14.1 Å². The Bertz CT molecular complexity index is 1050. The predicted octanol–water partition coefficient (Wildman–Crippen LogP) is 3.34. The molecule has 0 fully saturated rings. The zero-order valence-electron chi connectivity index (χ0n) is 14.1. The number of hydrogen-bond donors (Lipinski definition) is 1. The van der Waals surface area contributed by atoms with Crippen molar-refractivity contribution in [2.75, 3.05) is 5.73 Å². The summed E-state index contributed by atoms with van der Waals surface area (Å²) < 4.78 is 3.36. The molecule has 0 bridgehead atoms. The summed E-state index contributed by atoms with van der Waals surface area (Å²) in [6, 6.07) is 5.16. The van der Waals surface area contributed by atoms with Gasteiger partial charge in [-0.1, -0.05) is 25.4 Å². The summed E-state index contributed by atoms with van der Waals surface area (Å²) in [7, 11) is 0. The van der Waals surface area contributed by atoms with E-state index >= 15 is 0 Å². The minimum Gasteiger partial charge on any atom is -0.398 e. The first-order chi connectivity index (χ1) is 12.0. The number of rotatable bonds is 5. The van der Waals surface area contributed by atoms with Crippen LogP contribution in [0.3, 0.4) is 0 Å². The number of anilines is 1. The van der Waals surface area contributed by atoms with Gasteiger partial charge in [-0.15, -0.1) is 11.3 Å². The standard InChI is InChI=1S/C17H19ClN4O2S/c1-3-7-21-14-13(16(23)22(8-4-2)17(21)24)25-15(20-14)11-6-5-10(18)9-12(11)19/h5-6,9H,3-4,7-8,19H2,1-2H3. The van der Waals surface area contributed by atoms with E-state index in [1.54, 1.807) is 22.8 Å². The van der Waals surface area contributed by atoms with Crippen molar-refractivity contribution >= 4 is 39.0 Å². The lowest BCUT2D eigenvalue weighted by molar-refractivity contribution is 0.556. The first kappa shape index (κ1) is 17.7. The Morgan fingerprint density at radius 3 is 2.48 bits per heavy atom. The number of benzene rings is 1. The van der Waals surface area contributed by atoms with Crippen molar-refractivity contribution in [1.29, 1.82) is 0 Å². The zero-order valence-corrected chi connectivity index (χ0v) is 15.7. The number of nitrogens with two attached hydrogens (primary N) is 1. The second-order valence-electron chi connectivity index (χ2n) is 5.79. The topological polar surface area (TPSA) is 82.9 Å². The number of nitrogens with zero attached hydrogens (tertiary/aromatic N) is 3. The molecular formula is C17H19ClN4O2S. The minimum atomic E-state index is -0.304. The molecule has 6 nitrogen and oxygen atoms in total. The quantitative estimate of drug-likeness (QED) is 0.690. The van der Waals surface area contributed by atoms with Gasteiger partial charge in [0.15, 0.2) is 5.65 Å². The van der Waals surface area contributed by atoms with Gasteiger partial charge in [0.1, 0.15) is 9.71 Å². The molecule has 0 spiro atoms. The third kappa shape index (κ3) is 3.09. The smallest absolute Gasteiger partial charge is 0.332 e. The lowest BCUT2D eigenvalue weighted by Gasteiger charge is -2.09. The van der Waals surface area contributed by atoms with E-state index in [0.717, 1.165) is 6.42 Å². The first-order valence-electron chi connectivity index (χ1n) is 8.17. The Balaban J connectivity index is 2.32. The van der Waals surface area contributed by atoms with Gasteiger partial charge in [-0.05, 0) is 31.0 Å². The van der Waals surface area contributed by atoms with Crippen LogP contribution >= 0.6 is 22.9 Å². The molecular weight excluding hydrogens is 360 g/mol. The monoisotopic (exact) mass is 378 g/mol. The number of fused-ring (bicyclic) bond motifs is 1. The van der Waals surface area contributed by atoms with Gasteiger partial charge in [-0.25, -0.2) is 9.78 Å². The molecule has 0 saturated heterocycles. The molecule has 0 unspecified atom stereocenters. The van der Waals surface area contributed by atoms with Crippen LogP contribution in [0, 0.1) is 0 Å². The van der Waals surface area contributed by atoms with Crippen molar-refractivity contribution < 1.29 is 0 Å². The Morgan fingerprint density at radius 1 is 1.16 bits per heavy atom. The molecule has 0 saturated carbocycles. The highest BCUT2D eigenvalue weighted by molar-refractivity contribution is 7.21. The van der Waals surface area contributed by atoms with Gasteiger partial charge < -0.3 is 5.73 Å². The van der Waals surface area contributed by atoms with Crippen LogP contribution in [0.2, 0.25) is 5.02 Å². The average Bonchev–Trinajstić information content (AvgIpc) is 3.00. The average molecular weight is 379 g/mol. The molecule has 3 aromatic rings. The molecule has 0 aliphatic heterocycles. The van der Waals surface area contributed by atoms with Gasteiger partial charge in [0.05, 0.1) is 0 Å². The normalized spacial score (nSPS) is 11.3. The van der Waals surface area contributed by atoms with E-state index in [2.05, 4.69) is 4.98 Å².